The average molecular weight is 269 g/mol. The fourth-order valence-corrected chi connectivity index (χ4v) is 1.89. The summed E-state index contributed by atoms with van der Waals surface area (Å²) < 4.78 is 18.8. The van der Waals surface area contributed by atoms with E-state index in [4.69, 9.17) is 4.74 Å². The number of unbranched alkanes of at least 4 members (excludes halogenated alkanes) is 1. The maximum atomic E-state index is 13.4. The van der Waals surface area contributed by atoms with E-state index >= 15 is 0 Å². The third-order valence-corrected chi connectivity index (χ3v) is 3.15. The van der Waals surface area contributed by atoms with Gasteiger partial charge in [-0.3, -0.25) is 10.1 Å². The molecule has 19 heavy (non-hydrogen) atoms. The molecule has 0 aromatic heterocycles. The van der Waals surface area contributed by atoms with Gasteiger partial charge in [0.05, 0.1) is 11.5 Å². The number of hydrogen-bond donors (Lipinski definition) is 0. The molecule has 0 saturated carbocycles. The lowest BCUT2D eigenvalue weighted by Crippen LogP contribution is -2.12. The highest BCUT2D eigenvalue weighted by molar-refractivity contribution is 5.47. The molecule has 0 heterocycles. The van der Waals surface area contributed by atoms with Crippen LogP contribution in [-0.4, -0.2) is 11.5 Å². The number of halogens is 1. The van der Waals surface area contributed by atoms with Crippen LogP contribution in [0.4, 0.5) is 10.1 Å². The monoisotopic (exact) mass is 269 g/mol. The van der Waals surface area contributed by atoms with Gasteiger partial charge in [-0.15, -0.1) is 0 Å². The molecule has 106 valence electrons. The highest BCUT2D eigenvalue weighted by atomic mass is 19.1. The fraction of sp³-hybridized carbons (Fsp3) is 0.571. The lowest BCUT2D eigenvalue weighted by atomic mass is 10.0. The molecular formula is C14H20FNO3. The molecule has 0 aliphatic heterocycles. The molecule has 5 heteroatoms. The SMILES string of the molecule is CCCCC(CC)COc1cccc(F)c1[N+](=O)[O-]. The van der Waals surface area contributed by atoms with Gasteiger partial charge in [0.15, 0.2) is 5.75 Å². The summed E-state index contributed by atoms with van der Waals surface area (Å²) in [5.41, 5.74) is -0.576. The molecule has 1 aromatic rings. The van der Waals surface area contributed by atoms with E-state index in [9.17, 15) is 14.5 Å². The zero-order valence-corrected chi connectivity index (χ0v) is 11.4. The van der Waals surface area contributed by atoms with Crippen LogP contribution in [0.3, 0.4) is 0 Å². The van der Waals surface area contributed by atoms with E-state index in [0.29, 0.717) is 12.5 Å². The van der Waals surface area contributed by atoms with Crippen molar-refractivity contribution < 1.29 is 14.1 Å². The Balaban J connectivity index is 2.71. The van der Waals surface area contributed by atoms with E-state index in [1.54, 1.807) is 0 Å². The maximum Gasteiger partial charge on any atom is 0.346 e. The second-order valence-electron chi connectivity index (χ2n) is 4.57. The number of rotatable bonds is 8. The van der Waals surface area contributed by atoms with Gasteiger partial charge in [-0.25, -0.2) is 0 Å². The zero-order valence-electron chi connectivity index (χ0n) is 11.4. The molecule has 0 saturated heterocycles. The Kier molecular flexibility index (Phi) is 6.25. The molecule has 0 bridgehead atoms. The van der Waals surface area contributed by atoms with Crippen molar-refractivity contribution in [3.05, 3.63) is 34.1 Å². The Hall–Kier alpha value is -1.65. The number of benzene rings is 1. The number of nitro benzene ring substituents is 1. The van der Waals surface area contributed by atoms with Gasteiger partial charge in [0.25, 0.3) is 0 Å². The smallest absolute Gasteiger partial charge is 0.346 e. The molecule has 0 aliphatic rings. The quantitative estimate of drug-likeness (QED) is 0.521. The summed E-state index contributed by atoms with van der Waals surface area (Å²) in [5, 5.41) is 10.8. The number of hydrogen-bond acceptors (Lipinski definition) is 3. The lowest BCUT2D eigenvalue weighted by Gasteiger charge is -2.15. The molecule has 4 nitrogen and oxygen atoms in total. The Labute approximate surface area is 112 Å². The number of nitro groups is 1. The van der Waals surface area contributed by atoms with Crippen LogP contribution < -0.4 is 4.74 Å². The van der Waals surface area contributed by atoms with Gasteiger partial charge in [-0.1, -0.05) is 39.2 Å². The first-order valence-electron chi connectivity index (χ1n) is 6.65. The molecular weight excluding hydrogens is 249 g/mol. The van der Waals surface area contributed by atoms with E-state index in [2.05, 4.69) is 13.8 Å². The topological polar surface area (TPSA) is 52.4 Å². The number of para-hydroxylation sites is 1. The first-order valence-corrected chi connectivity index (χ1v) is 6.65. The second kappa shape index (κ2) is 7.71. The van der Waals surface area contributed by atoms with Gasteiger partial charge in [0.2, 0.25) is 5.82 Å². The summed E-state index contributed by atoms with van der Waals surface area (Å²) in [6.45, 7) is 4.56. The van der Waals surface area contributed by atoms with Crippen molar-refractivity contribution in [2.75, 3.05) is 6.61 Å². The van der Waals surface area contributed by atoms with Crippen LogP contribution in [0.25, 0.3) is 0 Å². The highest BCUT2D eigenvalue weighted by Crippen LogP contribution is 2.30. The van der Waals surface area contributed by atoms with Gasteiger partial charge in [0.1, 0.15) is 0 Å². The summed E-state index contributed by atoms with van der Waals surface area (Å²) in [4.78, 5) is 10.1. The number of ether oxygens (including phenoxy) is 1. The molecule has 0 N–H and O–H groups in total. The van der Waals surface area contributed by atoms with Gasteiger partial charge in [-0.2, -0.15) is 4.39 Å². The van der Waals surface area contributed by atoms with E-state index in [0.717, 1.165) is 31.7 Å². The first-order chi connectivity index (χ1) is 9.10. The standard InChI is InChI=1S/C14H20FNO3/c1-3-5-7-11(4-2)10-19-13-9-6-8-12(15)14(13)16(17)18/h6,8-9,11H,3-5,7,10H2,1-2H3. The summed E-state index contributed by atoms with van der Waals surface area (Å²) in [7, 11) is 0. The minimum Gasteiger partial charge on any atom is -0.486 e. The summed E-state index contributed by atoms with van der Waals surface area (Å²) >= 11 is 0. The largest absolute Gasteiger partial charge is 0.486 e. The molecule has 1 aromatic carbocycles. The Morgan fingerprint density at radius 2 is 2.16 bits per heavy atom. The lowest BCUT2D eigenvalue weighted by molar-refractivity contribution is -0.388. The van der Waals surface area contributed by atoms with Crippen molar-refractivity contribution in [2.24, 2.45) is 5.92 Å². The van der Waals surface area contributed by atoms with Gasteiger partial charge < -0.3 is 4.74 Å². The molecule has 0 aliphatic carbocycles. The van der Waals surface area contributed by atoms with Crippen molar-refractivity contribution in [1.29, 1.82) is 0 Å². The Morgan fingerprint density at radius 3 is 2.74 bits per heavy atom. The molecule has 0 spiro atoms. The summed E-state index contributed by atoms with van der Waals surface area (Å²) in [6, 6.07) is 3.93. The van der Waals surface area contributed by atoms with Crippen molar-refractivity contribution >= 4 is 5.69 Å². The van der Waals surface area contributed by atoms with Crippen LogP contribution in [0, 0.1) is 21.8 Å². The second-order valence-corrected chi connectivity index (χ2v) is 4.57. The molecule has 0 radical (unpaired) electrons. The zero-order chi connectivity index (χ0) is 14.3. The molecule has 0 fully saturated rings. The molecule has 1 atom stereocenters. The first kappa shape index (κ1) is 15.4. The van der Waals surface area contributed by atoms with Crippen LogP contribution in [0.15, 0.2) is 18.2 Å². The van der Waals surface area contributed by atoms with Crippen molar-refractivity contribution in [1.82, 2.24) is 0 Å². The van der Waals surface area contributed by atoms with Gasteiger partial charge in [0, 0.05) is 0 Å². The van der Waals surface area contributed by atoms with Crippen molar-refractivity contribution in [3.63, 3.8) is 0 Å². The van der Waals surface area contributed by atoms with E-state index in [1.165, 1.54) is 12.1 Å². The molecule has 0 amide bonds. The predicted octanol–water partition coefficient (Wildman–Crippen LogP) is 4.33. The third-order valence-electron chi connectivity index (χ3n) is 3.15. The van der Waals surface area contributed by atoms with E-state index < -0.39 is 16.4 Å². The maximum absolute atomic E-state index is 13.4. The average Bonchev–Trinajstić information content (AvgIpc) is 2.38. The van der Waals surface area contributed by atoms with Crippen LogP contribution in [0.1, 0.15) is 39.5 Å². The Bertz CT molecular complexity index is 423. The van der Waals surface area contributed by atoms with Crippen LogP contribution in [-0.2, 0) is 0 Å². The Morgan fingerprint density at radius 1 is 1.42 bits per heavy atom. The molecule has 1 unspecified atom stereocenters. The van der Waals surface area contributed by atoms with E-state index in [1.807, 2.05) is 0 Å². The van der Waals surface area contributed by atoms with Gasteiger partial charge in [-0.05, 0) is 24.5 Å². The third kappa shape index (κ3) is 4.50. The van der Waals surface area contributed by atoms with E-state index in [-0.39, 0.29) is 5.75 Å². The van der Waals surface area contributed by atoms with Crippen molar-refractivity contribution in [3.8, 4) is 5.75 Å². The summed E-state index contributed by atoms with van der Waals surface area (Å²) in [6.07, 6.45) is 4.18. The highest BCUT2D eigenvalue weighted by Gasteiger charge is 2.21. The van der Waals surface area contributed by atoms with Gasteiger partial charge >= 0.3 is 5.69 Å². The van der Waals surface area contributed by atoms with Crippen LogP contribution in [0.2, 0.25) is 0 Å². The molecule has 1 rings (SSSR count). The summed E-state index contributed by atoms with van der Waals surface area (Å²) in [5.74, 6) is -0.494. The minimum absolute atomic E-state index is 0.0138. The minimum atomic E-state index is -0.857. The number of nitrogens with zero attached hydrogens (tertiary/aromatic N) is 1. The normalized spacial score (nSPS) is 12.2. The van der Waals surface area contributed by atoms with Crippen molar-refractivity contribution in [2.45, 2.75) is 39.5 Å². The van der Waals surface area contributed by atoms with Crippen LogP contribution in [0.5, 0.6) is 5.75 Å². The fourth-order valence-electron chi connectivity index (χ4n) is 1.89. The van der Waals surface area contributed by atoms with Crippen LogP contribution >= 0.6 is 0 Å². The predicted molar refractivity (Wildman–Crippen MR) is 71.9 cm³/mol.